The lowest BCUT2D eigenvalue weighted by atomic mass is 10.2. The normalized spacial score (nSPS) is 9.41. The van der Waals surface area contributed by atoms with Crippen molar-refractivity contribution in [3.8, 4) is 17.2 Å². The number of benzene rings is 2. The fourth-order valence-electron chi connectivity index (χ4n) is 3.30. The number of halogens is 1. The molecule has 0 radical (unpaired) electrons. The Morgan fingerprint density at radius 3 is 2.21 bits per heavy atom. The minimum Gasteiger partial charge on any atom is -0.457 e. The smallest absolute Gasteiger partial charge is 0.284 e. The molecule has 10 heteroatoms. The van der Waals surface area contributed by atoms with Crippen LogP contribution in [-0.4, -0.2) is 20.3 Å². The molecule has 4 aromatic rings. The molecule has 9 nitrogen and oxygen atoms in total. The average molecular weight is 553 g/mol. The van der Waals surface area contributed by atoms with Crippen molar-refractivity contribution >= 4 is 29.0 Å². The van der Waals surface area contributed by atoms with E-state index in [9.17, 15) is 9.59 Å². The number of nitrogen functional groups attached to an aromatic ring is 1. The van der Waals surface area contributed by atoms with Crippen molar-refractivity contribution in [1.82, 2.24) is 14.3 Å². The molecule has 0 fully saturated rings. The van der Waals surface area contributed by atoms with Crippen LogP contribution in [0, 0.1) is 6.92 Å². The molecule has 0 saturated carbocycles. The number of carbonyl (C=O) groups is 1. The molecule has 0 bridgehead atoms. The molecule has 0 aliphatic heterocycles. The summed E-state index contributed by atoms with van der Waals surface area (Å²) >= 11 is 6.35. The van der Waals surface area contributed by atoms with Crippen LogP contribution in [0.1, 0.15) is 43.7 Å². The van der Waals surface area contributed by atoms with Crippen LogP contribution in [0.3, 0.4) is 0 Å². The average Bonchev–Trinajstić information content (AvgIpc) is 3.16. The standard InChI is InChI=1S/C23H20ClN5O3.C2H5N.2C2H6/c1-14-21(23(31)29(28(14)2)15-6-4-3-5-7-15)22(30)27-19-9-8-16(12-18(19)24)32-17-10-11-26-20(25)13-17;1-2-3;2*1-2/h3-13H,1-2H3,(H2,25,26)(H,27,30);2H,1,3H2;2*1-2H3. The number of hydrogen-bond donors (Lipinski definition) is 3. The zero-order valence-corrected chi connectivity index (χ0v) is 24.0. The second-order valence-electron chi connectivity index (χ2n) is 7.29. The van der Waals surface area contributed by atoms with Gasteiger partial charge in [-0.15, -0.1) is 0 Å². The minimum atomic E-state index is -0.546. The highest BCUT2D eigenvalue weighted by Crippen LogP contribution is 2.30. The molecular weight excluding hydrogens is 516 g/mol. The lowest BCUT2D eigenvalue weighted by Gasteiger charge is -2.10. The quantitative estimate of drug-likeness (QED) is 0.266. The fourth-order valence-corrected chi connectivity index (χ4v) is 3.52. The summed E-state index contributed by atoms with van der Waals surface area (Å²) in [5.41, 5.74) is 11.4. The molecule has 0 aliphatic rings. The number of hydrogen-bond acceptors (Lipinski definition) is 6. The third-order valence-corrected chi connectivity index (χ3v) is 5.27. The van der Waals surface area contributed by atoms with E-state index < -0.39 is 11.5 Å². The number of pyridine rings is 1. The van der Waals surface area contributed by atoms with E-state index in [0.717, 1.165) is 0 Å². The van der Waals surface area contributed by atoms with E-state index in [0.29, 0.717) is 34.4 Å². The van der Waals surface area contributed by atoms with Gasteiger partial charge in [-0.05, 0) is 43.5 Å². The number of para-hydroxylation sites is 1. The maximum atomic E-state index is 13.0. The van der Waals surface area contributed by atoms with Gasteiger partial charge in [0.1, 0.15) is 22.9 Å². The van der Waals surface area contributed by atoms with Crippen LogP contribution in [-0.2, 0) is 7.05 Å². The van der Waals surface area contributed by atoms with Crippen molar-refractivity contribution in [2.45, 2.75) is 34.6 Å². The largest absolute Gasteiger partial charge is 0.457 e. The van der Waals surface area contributed by atoms with Gasteiger partial charge in [-0.2, -0.15) is 0 Å². The van der Waals surface area contributed by atoms with Gasteiger partial charge in [-0.3, -0.25) is 14.3 Å². The molecular formula is C29H37ClN6O3. The highest BCUT2D eigenvalue weighted by atomic mass is 35.5. The molecule has 39 heavy (non-hydrogen) atoms. The predicted molar refractivity (Wildman–Crippen MR) is 161 cm³/mol. The Morgan fingerprint density at radius 2 is 1.64 bits per heavy atom. The molecule has 2 aromatic heterocycles. The first kappa shape index (κ1) is 32.5. The third kappa shape index (κ3) is 8.51. The van der Waals surface area contributed by atoms with Gasteiger partial charge in [0.15, 0.2) is 0 Å². The molecule has 1 amide bonds. The van der Waals surface area contributed by atoms with Gasteiger partial charge in [-0.25, -0.2) is 9.67 Å². The van der Waals surface area contributed by atoms with Gasteiger partial charge in [0.05, 0.1) is 22.1 Å². The number of aromatic nitrogens is 3. The summed E-state index contributed by atoms with van der Waals surface area (Å²) in [5, 5.41) is 2.98. The van der Waals surface area contributed by atoms with Crippen molar-refractivity contribution in [2.75, 3.05) is 11.1 Å². The Balaban J connectivity index is 0.000000996. The van der Waals surface area contributed by atoms with Crippen molar-refractivity contribution < 1.29 is 9.53 Å². The number of ether oxygens (including phenoxy) is 1. The highest BCUT2D eigenvalue weighted by Gasteiger charge is 2.23. The first-order valence-electron chi connectivity index (χ1n) is 12.4. The van der Waals surface area contributed by atoms with Crippen LogP contribution in [0.15, 0.2) is 84.4 Å². The Morgan fingerprint density at radius 1 is 1.05 bits per heavy atom. The molecule has 0 unspecified atom stereocenters. The summed E-state index contributed by atoms with van der Waals surface area (Å²) in [6.07, 6.45) is 2.78. The molecule has 0 aliphatic carbocycles. The molecule has 2 heterocycles. The summed E-state index contributed by atoms with van der Waals surface area (Å²) in [5.74, 6) is 0.750. The second-order valence-corrected chi connectivity index (χ2v) is 7.69. The number of amides is 1. The summed E-state index contributed by atoms with van der Waals surface area (Å²) in [7, 11) is 1.73. The fraction of sp³-hybridized carbons (Fsp3) is 0.207. The van der Waals surface area contributed by atoms with Crippen LogP contribution in [0.4, 0.5) is 11.5 Å². The van der Waals surface area contributed by atoms with Gasteiger partial charge in [0.25, 0.3) is 11.5 Å². The maximum Gasteiger partial charge on any atom is 0.284 e. The molecule has 5 N–H and O–H groups in total. The van der Waals surface area contributed by atoms with Crippen LogP contribution in [0.25, 0.3) is 5.69 Å². The lowest BCUT2D eigenvalue weighted by Crippen LogP contribution is -2.25. The number of anilines is 2. The van der Waals surface area contributed by atoms with E-state index in [-0.39, 0.29) is 10.6 Å². The summed E-state index contributed by atoms with van der Waals surface area (Å²) in [4.78, 5) is 29.9. The van der Waals surface area contributed by atoms with Gasteiger partial charge in [0.2, 0.25) is 0 Å². The minimum absolute atomic E-state index is 0.0417. The van der Waals surface area contributed by atoms with Crippen molar-refractivity contribution in [1.29, 1.82) is 0 Å². The number of rotatable bonds is 5. The Labute approximate surface area is 234 Å². The van der Waals surface area contributed by atoms with Crippen LogP contribution < -0.4 is 27.1 Å². The van der Waals surface area contributed by atoms with Gasteiger partial charge >= 0.3 is 0 Å². The SMILES string of the molecule is C=CN.CC.CC.Cc1c(C(=O)Nc2ccc(Oc3ccnc(N)c3)cc2Cl)c(=O)n(-c2ccccc2)n1C. The zero-order valence-electron chi connectivity index (χ0n) is 23.2. The second kappa shape index (κ2) is 16.4. The maximum absolute atomic E-state index is 13.0. The van der Waals surface area contributed by atoms with E-state index in [1.54, 1.807) is 61.1 Å². The Bertz CT molecular complexity index is 1410. The van der Waals surface area contributed by atoms with E-state index in [2.05, 4.69) is 22.6 Å². The molecule has 4 rings (SSSR count). The first-order chi connectivity index (χ1) is 18.8. The monoisotopic (exact) mass is 552 g/mol. The number of nitrogens with zero attached hydrogens (tertiary/aromatic N) is 3. The Hall–Kier alpha value is -4.50. The molecule has 0 saturated heterocycles. The third-order valence-electron chi connectivity index (χ3n) is 4.96. The van der Waals surface area contributed by atoms with Gasteiger partial charge in [-0.1, -0.05) is 64.1 Å². The summed E-state index contributed by atoms with van der Waals surface area (Å²) in [6.45, 7) is 12.9. The van der Waals surface area contributed by atoms with Crippen LogP contribution in [0.5, 0.6) is 11.5 Å². The van der Waals surface area contributed by atoms with Crippen LogP contribution in [0.2, 0.25) is 5.02 Å². The van der Waals surface area contributed by atoms with Crippen molar-refractivity contribution in [2.24, 2.45) is 12.8 Å². The number of nitrogens with one attached hydrogen (secondary N) is 1. The number of carbonyl (C=O) groups excluding carboxylic acids is 1. The van der Waals surface area contributed by atoms with Gasteiger partial charge in [0, 0.05) is 25.4 Å². The predicted octanol–water partition coefficient (Wildman–Crippen LogP) is 6.30. The van der Waals surface area contributed by atoms with E-state index in [1.165, 1.54) is 17.1 Å². The topological polar surface area (TPSA) is 130 Å². The van der Waals surface area contributed by atoms with Crippen molar-refractivity contribution in [3.63, 3.8) is 0 Å². The van der Waals surface area contributed by atoms with Crippen molar-refractivity contribution in [3.05, 3.63) is 106 Å². The Kier molecular flexibility index (Phi) is 13.6. The van der Waals surface area contributed by atoms with E-state index in [1.807, 2.05) is 45.9 Å². The summed E-state index contributed by atoms with van der Waals surface area (Å²) < 4.78 is 8.81. The number of nitrogens with two attached hydrogens (primary N) is 2. The zero-order chi connectivity index (χ0) is 29.5. The molecule has 2 aromatic carbocycles. The first-order valence-corrected chi connectivity index (χ1v) is 12.8. The lowest BCUT2D eigenvalue weighted by molar-refractivity contribution is 0.102. The summed E-state index contributed by atoms with van der Waals surface area (Å²) in [6, 6.07) is 17.2. The molecule has 208 valence electrons. The van der Waals surface area contributed by atoms with E-state index in [4.69, 9.17) is 22.1 Å². The van der Waals surface area contributed by atoms with Gasteiger partial charge < -0.3 is 21.5 Å². The molecule has 0 atom stereocenters. The highest BCUT2D eigenvalue weighted by molar-refractivity contribution is 6.34. The molecule has 0 spiro atoms. The van der Waals surface area contributed by atoms with E-state index >= 15 is 0 Å². The van der Waals surface area contributed by atoms with Crippen LogP contribution >= 0.6 is 11.6 Å².